The number of carbonyl (C=O) groups is 2. The van der Waals surface area contributed by atoms with Gasteiger partial charge in [-0.2, -0.15) is 4.98 Å². The van der Waals surface area contributed by atoms with Crippen LogP contribution < -0.4 is 9.64 Å². The van der Waals surface area contributed by atoms with Crippen molar-refractivity contribution in [3.63, 3.8) is 0 Å². The number of aryl methyl sites for hydroxylation is 1. The minimum Gasteiger partial charge on any atom is -0.503 e. The van der Waals surface area contributed by atoms with Crippen LogP contribution in [0.3, 0.4) is 0 Å². The highest BCUT2D eigenvalue weighted by Crippen LogP contribution is 2.47. The van der Waals surface area contributed by atoms with Crippen molar-refractivity contribution in [1.29, 1.82) is 0 Å². The first-order chi connectivity index (χ1) is 15.5. The smallest absolute Gasteiger partial charge is 0.294 e. The Morgan fingerprint density at radius 3 is 2.50 bits per heavy atom. The van der Waals surface area contributed by atoms with Gasteiger partial charge in [0, 0.05) is 29.7 Å². The van der Waals surface area contributed by atoms with Crippen molar-refractivity contribution in [2.24, 2.45) is 5.92 Å². The van der Waals surface area contributed by atoms with E-state index in [0.717, 1.165) is 18.4 Å². The van der Waals surface area contributed by atoms with E-state index < -0.39 is 17.7 Å². The number of aromatic nitrogens is 2. The normalized spacial score (nSPS) is 18.4. The van der Waals surface area contributed by atoms with Crippen molar-refractivity contribution in [3.8, 4) is 17.1 Å². The summed E-state index contributed by atoms with van der Waals surface area (Å²) in [4.78, 5) is 31.9. The number of carbonyl (C=O) groups excluding carboxylic acids is 2. The highest BCUT2D eigenvalue weighted by atomic mass is 16.5. The quantitative estimate of drug-likeness (QED) is 0.630. The van der Waals surface area contributed by atoms with Crippen molar-refractivity contribution in [2.45, 2.75) is 25.8 Å². The van der Waals surface area contributed by atoms with E-state index in [1.165, 1.54) is 12.0 Å². The van der Waals surface area contributed by atoms with Gasteiger partial charge < -0.3 is 14.4 Å². The second kappa shape index (κ2) is 7.64. The number of ketones is 1. The molecule has 32 heavy (non-hydrogen) atoms. The Labute approximate surface area is 184 Å². The van der Waals surface area contributed by atoms with Crippen LogP contribution in [0.5, 0.6) is 5.75 Å². The number of amides is 1. The largest absolute Gasteiger partial charge is 0.503 e. The van der Waals surface area contributed by atoms with Gasteiger partial charge in [0.15, 0.2) is 11.5 Å². The summed E-state index contributed by atoms with van der Waals surface area (Å²) in [6.45, 7) is 1.71. The highest BCUT2D eigenvalue weighted by Gasteiger charge is 2.48. The molecule has 1 atom stereocenters. The van der Waals surface area contributed by atoms with Crippen LogP contribution in [0.25, 0.3) is 11.4 Å². The molecule has 0 radical (unpaired) electrons. The molecule has 1 fully saturated rings. The Balaban J connectivity index is 1.60. The third kappa shape index (κ3) is 3.24. The number of aliphatic hydroxyl groups excluding tert-OH is 1. The van der Waals surface area contributed by atoms with Crippen LogP contribution in [0.1, 0.15) is 30.3 Å². The molecular formula is C24H21N3O5. The number of ether oxygens (including phenoxy) is 1. The number of aliphatic hydroxyl groups is 1. The molecule has 1 amide bonds. The molecule has 2 heterocycles. The van der Waals surface area contributed by atoms with Crippen LogP contribution in [0.2, 0.25) is 0 Å². The van der Waals surface area contributed by atoms with Crippen LogP contribution in [0.15, 0.2) is 64.4 Å². The van der Waals surface area contributed by atoms with Gasteiger partial charge in [0.25, 0.3) is 5.91 Å². The summed E-state index contributed by atoms with van der Waals surface area (Å²) in [6.07, 6.45) is 1.53. The van der Waals surface area contributed by atoms with Gasteiger partial charge in [-0.25, -0.2) is 0 Å². The van der Waals surface area contributed by atoms with Crippen molar-refractivity contribution < 1.29 is 24.0 Å². The van der Waals surface area contributed by atoms with Crippen LogP contribution in [0.4, 0.5) is 5.69 Å². The molecule has 0 saturated heterocycles. The first kappa shape index (κ1) is 20.0. The summed E-state index contributed by atoms with van der Waals surface area (Å²) in [5.74, 6) is -0.0381. The van der Waals surface area contributed by atoms with Gasteiger partial charge in [0.05, 0.1) is 18.7 Å². The minimum absolute atomic E-state index is 0.125. The van der Waals surface area contributed by atoms with Gasteiger partial charge in [0.2, 0.25) is 11.7 Å². The molecule has 1 unspecified atom stereocenters. The molecule has 1 saturated carbocycles. The van der Waals surface area contributed by atoms with Crippen molar-refractivity contribution in [2.75, 3.05) is 12.0 Å². The number of hydrogen-bond acceptors (Lipinski definition) is 7. The Hall–Kier alpha value is -3.94. The van der Waals surface area contributed by atoms with Gasteiger partial charge in [-0.15, -0.1) is 0 Å². The number of methoxy groups -OCH3 is 1. The van der Waals surface area contributed by atoms with Crippen LogP contribution in [-0.2, 0) is 9.59 Å². The summed E-state index contributed by atoms with van der Waals surface area (Å²) in [5.41, 5.74) is 2.01. The average molecular weight is 431 g/mol. The fourth-order valence-electron chi connectivity index (χ4n) is 4.06. The Kier molecular flexibility index (Phi) is 4.77. The lowest BCUT2D eigenvalue weighted by molar-refractivity contribution is -0.118. The maximum atomic E-state index is 13.2. The van der Waals surface area contributed by atoms with Crippen LogP contribution >= 0.6 is 0 Å². The van der Waals surface area contributed by atoms with E-state index >= 15 is 0 Å². The fraction of sp³-hybridized carbons (Fsp3) is 0.250. The van der Waals surface area contributed by atoms with Crippen molar-refractivity contribution >= 4 is 17.4 Å². The summed E-state index contributed by atoms with van der Waals surface area (Å²) in [6, 6.07) is 13.4. The Morgan fingerprint density at radius 1 is 1.16 bits per heavy atom. The van der Waals surface area contributed by atoms with Crippen LogP contribution in [0, 0.1) is 12.8 Å². The number of Topliss-reactive ketones (excluding diaryl/α,β-unsaturated/α-hetero) is 1. The molecule has 2 aliphatic rings. The van der Waals surface area contributed by atoms with Gasteiger partial charge >= 0.3 is 0 Å². The zero-order valence-electron chi connectivity index (χ0n) is 17.6. The first-order valence-electron chi connectivity index (χ1n) is 10.3. The van der Waals surface area contributed by atoms with E-state index in [-0.39, 0.29) is 17.3 Å². The minimum atomic E-state index is -0.787. The van der Waals surface area contributed by atoms with E-state index in [1.54, 1.807) is 43.3 Å². The third-order valence-electron chi connectivity index (χ3n) is 5.79. The fourth-order valence-corrected chi connectivity index (χ4v) is 4.06. The lowest BCUT2D eigenvalue weighted by atomic mass is 9.93. The van der Waals surface area contributed by atoms with Crippen LogP contribution in [-0.4, -0.2) is 34.0 Å². The van der Waals surface area contributed by atoms with Gasteiger partial charge in [-0.1, -0.05) is 23.4 Å². The number of rotatable bonds is 6. The van der Waals surface area contributed by atoms with Gasteiger partial charge in [0.1, 0.15) is 5.75 Å². The molecule has 1 aliphatic carbocycles. The Bertz CT molecular complexity index is 1240. The van der Waals surface area contributed by atoms with Gasteiger partial charge in [-0.3, -0.25) is 14.5 Å². The highest BCUT2D eigenvalue weighted by molar-refractivity contribution is 6.17. The molecule has 8 heteroatoms. The summed E-state index contributed by atoms with van der Waals surface area (Å²) in [5, 5.41) is 14.7. The number of anilines is 1. The van der Waals surface area contributed by atoms with E-state index in [0.29, 0.717) is 28.7 Å². The predicted molar refractivity (Wildman–Crippen MR) is 115 cm³/mol. The number of benzene rings is 2. The van der Waals surface area contributed by atoms with E-state index in [9.17, 15) is 14.7 Å². The summed E-state index contributed by atoms with van der Waals surface area (Å²) < 4.78 is 10.5. The average Bonchev–Trinajstić information content (AvgIpc) is 3.53. The number of nitrogens with zero attached hydrogens (tertiary/aromatic N) is 3. The molecule has 8 nitrogen and oxygen atoms in total. The summed E-state index contributed by atoms with van der Waals surface area (Å²) in [7, 11) is 1.54. The molecule has 162 valence electrons. The van der Waals surface area contributed by atoms with Gasteiger partial charge in [-0.05, 0) is 43.2 Å². The lowest BCUT2D eigenvalue weighted by Gasteiger charge is -2.28. The molecule has 1 aromatic heterocycles. The molecule has 1 N–H and O–H groups in total. The standard InChI is InChI=1S/C24H21N3O5/c1-13-25-23(26-32-13)15-9-11-16(12-10-15)27-20(17-5-3-4-6-18(17)31-2)19(22(29)24(27)30)21(28)14-7-8-14/h3-6,9-12,14,20,29H,7-8H2,1-2H3. The van der Waals surface area contributed by atoms with E-state index in [1.807, 2.05) is 12.1 Å². The molecule has 0 spiro atoms. The molecule has 5 rings (SSSR count). The first-order valence-corrected chi connectivity index (χ1v) is 10.3. The van der Waals surface area contributed by atoms with Crippen molar-refractivity contribution in [3.05, 3.63) is 71.3 Å². The Morgan fingerprint density at radius 2 is 1.88 bits per heavy atom. The predicted octanol–water partition coefficient (Wildman–Crippen LogP) is 3.93. The second-order valence-electron chi connectivity index (χ2n) is 7.90. The monoisotopic (exact) mass is 431 g/mol. The zero-order chi connectivity index (χ0) is 22.4. The topological polar surface area (TPSA) is 106 Å². The third-order valence-corrected chi connectivity index (χ3v) is 5.79. The number of para-hydroxylation sites is 1. The van der Waals surface area contributed by atoms with E-state index in [4.69, 9.17) is 9.26 Å². The molecule has 1 aliphatic heterocycles. The van der Waals surface area contributed by atoms with Crippen molar-refractivity contribution in [1.82, 2.24) is 10.1 Å². The van der Waals surface area contributed by atoms with E-state index in [2.05, 4.69) is 10.1 Å². The zero-order valence-corrected chi connectivity index (χ0v) is 17.6. The lowest BCUT2D eigenvalue weighted by Crippen LogP contribution is -2.31. The molecule has 3 aromatic rings. The SMILES string of the molecule is COc1ccccc1C1C(C(=O)C2CC2)=C(O)C(=O)N1c1ccc(-c2noc(C)n2)cc1. The second-order valence-corrected chi connectivity index (χ2v) is 7.90. The molecule has 2 aromatic carbocycles. The maximum Gasteiger partial charge on any atom is 0.294 e. The molecular weight excluding hydrogens is 410 g/mol. The summed E-state index contributed by atoms with van der Waals surface area (Å²) >= 11 is 0. The molecule has 0 bridgehead atoms. The number of hydrogen-bond donors (Lipinski definition) is 1. The maximum absolute atomic E-state index is 13.2.